The van der Waals surface area contributed by atoms with Crippen molar-refractivity contribution in [3.63, 3.8) is 0 Å². The molecule has 2 aromatic rings. The summed E-state index contributed by atoms with van der Waals surface area (Å²) in [6.07, 6.45) is 2.44. The molecule has 0 spiro atoms. The lowest BCUT2D eigenvalue weighted by Gasteiger charge is -2.03. The van der Waals surface area contributed by atoms with E-state index in [1.807, 2.05) is 0 Å². The number of hydrogen-bond donors (Lipinski definition) is 1. The van der Waals surface area contributed by atoms with E-state index in [2.05, 4.69) is 4.74 Å². The zero-order valence-electron chi connectivity index (χ0n) is 12.0. The summed E-state index contributed by atoms with van der Waals surface area (Å²) in [7, 11) is 0. The van der Waals surface area contributed by atoms with E-state index >= 15 is 0 Å². The number of aryl methyl sites for hydroxylation is 1. The van der Waals surface area contributed by atoms with Crippen molar-refractivity contribution < 1.29 is 27.8 Å². The molecule has 0 saturated heterocycles. The van der Waals surface area contributed by atoms with Gasteiger partial charge in [0.1, 0.15) is 22.8 Å². The summed E-state index contributed by atoms with van der Waals surface area (Å²) in [6, 6.07) is 6.71. The normalized spacial score (nSPS) is 11.1. The lowest BCUT2D eigenvalue weighted by molar-refractivity contribution is -0.0498. The number of halogens is 2. The zero-order valence-corrected chi connectivity index (χ0v) is 12.0. The summed E-state index contributed by atoms with van der Waals surface area (Å²) in [5.74, 6) is -1.03. The molecule has 1 aromatic carbocycles. The Balaban J connectivity index is 2.17. The lowest BCUT2D eigenvalue weighted by atomic mass is 10.1. The average molecular weight is 322 g/mol. The van der Waals surface area contributed by atoms with E-state index in [1.54, 1.807) is 0 Å². The van der Waals surface area contributed by atoms with Gasteiger partial charge in [-0.25, -0.2) is 4.79 Å². The third-order valence-corrected chi connectivity index (χ3v) is 2.83. The van der Waals surface area contributed by atoms with Crippen molar-refractivity contribution >= 4 is 11.9 Å². The summed E-state index contributed by atoms with van der Waals surface area (Å²) in [5, 5.41) is 9.66. The van der Waals surface area contributed by atoms with E-state index in [1.165, 1.54) is 43.3 Å². The molecule has 0 aliphatic rings. The predicted octanol–water partition coefficient (Wildman–Crippen LogP) is 3.15. The Kier molecular flexibility index (Phi) is 4.90. The summed E-state index contributed by atoms with van der Waals surface area (Å²) in [5.41, 5.74) is -0.877. The molecule has 7 heteroatoms. The van der Waals surface area contributed by atoms with Gasteiger partial charge in [0.25, 0.3) is 0 Å². The van der Waals surface area contributed by atoms with Crippen LogP contribution in [0.1, 0.15) is 21.7 Å². The van der Waals surface area contributed by atoms with E-state index in [0.717, 1.165) is 6.08 Å². The SMILES string of the molecule is Cc1cc(O)c(C(=O)/C=C/c2ccc(OC(F)F)cc2)c(=O)o1. The van der Waals surface area contributed by atoms with Crippen molar-refractivity contribution in [3.05, 3.63) is 63.7 Å². The molecule has 0 aliphatic carbocycles. The molecule has 0 atom stereocenters. The third kappa shape index (κ3) is 4.26. The summed E-state index contributed by atoms with van der Waals surface area (Å²) in [4.78, 5) is 23.5. The van der Waals surface area contributed by atoms with Crippen molar-refractivity contribution in [2.24, 2.45) is 0 Å². The number of ketones is 1. The third-order valence-electron chi connectivity index (χ3n) is 2.83. The molecule has 120 valence electrons. The number of hydrogen-bond acceptors (Lipinski definition) is 5. The molecular formula is C16H12F2O5. The minimum Gasteiger partial charge on any atom is -0.507 e. The highest BCUT2D eigenvalue weighted by Gasteiger charge is 2.15. The average Bonchev–Trinajstić information content (AvgIpc) is 2.45. The van der Waals surface area contributed by atoms with Gasteiger partial charge in [-0.2, -0.15) is 8.78 Å². The van der Waals surface area contributed by atoms with Crippen LogP contribution in [0.5, 0.6) is 11.5 Å². The van der Waals surface area contributed by atoms with Crippen LogP contribution in [0.15, 0.2) is 45.6 Å². The van der Waals surface area contributed by atoms with Crippen LogP contribution >= 0.6 is 0 Å². The molecule has 23 heavy (non-hydrogen) atoms. The van der Waals surface area contributed by atoms with Gasteiger partial charge in [0.15, 0.2) is 5.78 Å². The number of allylic oxidation sites excluding steroid dienone is 1. The molecule has 0 saturated carbocycles. The van der Waals surface area contributed by atoms with Gasteiger partial charge in [-0.3, -0.25) is 4.79 Å². The highest BCUT2D eigenvalue weighted by atomic mass is 19.3. The molecular weight excluding hydrogens is 310 g/mol. The largest absolute Gasteiger partial charge is 0.507 e. The number of alkyl halides is 2. The van der Waals surface area contributed by atoms with E-state index < -0.39 is 29.3 Å². The Morgan fingerprint density at radius 3 is 2.52 bits per heavy atom. The standard InChI is InChI=1S/C16H12F2O5/c1-9-8-13(20)14(15(21)22-9)12(19)7-4-10-2-5-11(6-3-10)23-16(17)18/h2-8,16,20H,1H3/b7-4+. The monoisotopic (exact) mass is 322 g/mol. The first kappa shape index (κ1) is 16.4. The molecule has 1 heterocycles. The van der Waals surface area contributed by atoms with Crippen molar-refractivity contribution in [2.45, 2.75) is 13.5 Å². The first-order chi connectivity index (χ1) is 10.9. The Hall–Kier alpha value is -2.96. The quantitative estimate of drug-likeness (QED) is 0.676. The maximum absolute atomic E-state index is 12.0. The number of carbonyl (C=O) groups is 1. The van der Waals surface area contributed by atoms with Crippen LogP contribution < -0.4 is 10.4 Å². The fourth-order valence-corrected chi connectivity index (χ4v) is 1.84. The molecule has 0 amide bonds. The van der Waals surface area contributed by atoms with Crippen LogP contribution in [0.25, 0.3) is 6.08 Å². The molecule has 0 radical (unpaired) electrons. The Labute approximate surface area is 129 Å². The minimum absolute atomic E-state index is 0.0136. The number of carbonyl (C=O) groups excluding carboxylic acids is 1. The van der Waals surface area contributed by atoms with Crippen molar-refractivity contribution in [1.82, 2.24) is 0 Å². The molecule has 1 N–H and O–H groups in total. The van der Waals surface area contributed by atoms with Gasteiger partial charge in [-0.1, -0.05) is 18.2 Å². The topological polar surface area (TPSA) is 76.7 Å². The fourth-order valence-electron chi connectivity index (χ4n) is 1.84. The molecule has 0 fully saturated rings. The van der Waals surface area contributed by atoms with Gasteiger partial charge >= 0.3 is 12.2 Å². The lowest BCUT2D eigenvalue weighted by Crippen LogP contribution is -2.12. The van der Waals surface area contributed by atoms with Gasteiger partial charge in [-0.15, -0.1) is 0 Å². The first-order valence-corrected chi connectivity index (χ1v) is 6.48. The molecule has 0 unspecified atom stereocenters. The number of aromatic hydroxyl groups is 1. The van der Waals surface area contributed by atoms with Crippen LogP contribution in [0.4, 0.5) is 8.78 Å². The van der Waals surface area contributed by atoms with Gasteiger partial charge in [0, 0.05) is 6.07 Å². The molecule has 2 rings (SSSR count). The smallest absolute Gasteiger partial charge is 0.387 e. The van der Waals surface area contributed by atoms with Crippen LogP contribution in [0.3, 0.4) is 0 Å². The van der Waals surface area contributed by atoms with E-state index in [0.29, 0.717) is 5.56 Å². The highest BCUT2D eigenvalue weighted by Crippen LogP contribution is 2.18. The van der Waals surface area contributed by atoms with Crippen LogP contribution in [0.2, 0.25) is 0 Å². The Bertz CT molecular complexity index is 791. The predicted molar refractivity (Wildman–Crippen MR) is 77.8 cm³/mol. The molecule has 5 nitrogen and oxygen atoms in total. The van der Waals surface area contributed by atoms with Crippen LogP contribution in [-0.4, -0.2) is 17.5 Å². The summed E-state index contributed by atoms with van der Waals surface area (Å²) < 4.78 is 33.0. The number of benzene rings is 1. The number of rotatable bonds is 5. The van der Waals surface area contributed by atoms with Gasteiger partial charge in [0.05, 0.1) is 0 Å². The Morgan fingerprint density at radius 1 is 1.30 bits per heavy atom. The molecule has 0 bridgehead atoms. The van der Waals surface area contributed by atoms with Gasteiger partial charge < -0.3 is 14.3 Å². The van der Waals surface area contributed by atoms with E-state index in [4.69, 9.17) is 4.42 Å². The maximum atomic E-state index is 12.0. The second-order valence-corrected chi connectivity index (χ2v) is 4.55. The van der Waals surface area contributed by atoms with Crippen molar-refractivity contribution in [1.29, 1.82) is 0 Å². The molecule has 0 aliphatic heterocycles. The summed E-state index contributed by atoms with van der Waals surface area (Å²) in [6.45, 7) is -1.45. The van der Waals surface area contributed by atoms with E-state index in [9.17, 15) is 23.5 Å². The van der Waals surface area contributed by atoms with Crippen molar-refractivity contribution in [2.75, 3.05) is 0 Å². The second-order valence-electron chi connectivity index (χ2n) is 4.55. The highest BCUT2D eigenvalue weighted by molar-refractivity contribution is 6.08. The maximum Gasteiger partial charge on any atom is 0.387 e. The summed E-state index contributed by atoms with van der Waals surface area (Å²) >= 11 is 0. The van der Waals surface area contributed by atoms with E-state index in [-0.39, 0.29) is 11.5 Å². The number of ether oxygens (including phenoxy) is 1. The van der Waals surface area contributed by atoms with Crippen LogP contribution in [-0.2, 0) is 0 Å². The fraction of sp³-hybridized carbons (Fsp3) is 0.125. The minimum atomic E-state index is -2.92. The van der Waals surface area contributed by atoms with Crippen LogP contribution in [0, 0.1) is 6.92 Å². The molecule has 1 aromatic heterocycles. The van der Waals surface area contributed by atoms with Gasteiger partial charge in [-0.05, 0) is 30.7 Å². The zero-order chi connectivity index (χ0) is 17.0. The van der Waals surface area contributed by atoms with Crippen molar-refractivity contribution in [3.8, 4) is 11.5 Å². The second kappa shape index (κ2) is 6.87. The Morgan fingerprint density at radius 2 is 1.96 bits per heavy atom. The van der Waals surface area contributed by atoms with Gasteiger partial charge in [0.2, 0.25) is 0 Å². The first-order valence-electron chi connectivity index (χ1n) is 6.48.